The molecule has 200 valence electrons. The summed E-state index contributed by atoms with van der Waals surface area (Å²) in [6.45, 7) is 0. The molecule has 0 heterocycles. The van der Waals surface area contributed by atoms with E-state index in [1.165, 1.54) is 12.1 Å². The van der Waals surface area contributed by atoms with Crippen LogP contribution in [0.25, 0.3) is 43.8 Å². The van der Waals surface area contributed by atoms with Crippen molar-refractivity contribution in [2.45, 2.75) is 0 Å². The Labute approximate surface area is 210 Å². The first-order valence-corrected chi connectivity index (χ1v) is 10.7. The number of methoxy groups -OCH3 is 1. The molecule has 39 heavy (non-hydrogen) atoms. The van der Waals surface area contributed by atoms with E-state index in [-0.39, 0.29) is 0 Å². The van der Waals surface area contributed by atoms with E-state index in [1.54, 1.807) is 0 Å². The highest BCUT2D eigenvalue weighted by atomic mass is 19.2. The first kappa shape index (κ1) is 26.3. The summed E-state index contributed by atoms with van der Waals surface area (Å²) >= 11 is 0. The van der Waals surface area contributed by atoms with Crippen LogP contribution < -0.4 is 4.74 Å². The number of rotatable bonds is 3. The molecule has 1 nitrogen and oxygen atoms in total. The maximum Gasteiger partial charge on any atom is 0.204 e. The lowest BCUT2D eigenvalue weighted by molar-refractivity contribution is 0.334. The summed E-state index contributed by atoms with van der Waals surface area (Å²) in [4.78, 5) is 0. The third-order valence-corrected chi connectivity index (χ3v) is 6.18. The molecule has 0 bridgehead atoms. The van der Waals surface area contributed by atoms with Crippen LogP contribution in [-0.2, 0) is 0 Å². The maximum absolute atomic E-state index is 15.4. The quantitative estimate of drug-likeness (QED) is 0.0931. The lowest BCUT2D eigenvalue weighted by Crippen LogP contribution is -2.07. The molecule has 0 radical (unpaired) electrons. The van der Waals surface area contributed by atoms with Crippen LogP contribution in [0.4, 0.5) is 48.3 Å². The molecule has 0 amide bonds. The molecule has 0 spiro atoms. The van der Waals surface area contributed by atoms with Crippen molar-refractivity contribution in [1.82, 2.24) is 0 Å². The largest absolute Gasteiger partial charge is 0.491 e. The van der Waals surface area contributed by atoms with Gasteiger partial charge in [0.15, 0.2) is 58.1 Å². The predicted octanol–water partition coefficient (Wildman–Crippen LogP) is 8.87. The Hall–Kier alpha value is -4.35. The summed E-state index contributed by atoms with van der Waals surface area (Å²) in [6, 6.07) is 5.11. The fraction of sp³-hybridized carbons (Fsp3) is 0.0370. The molecule has 5 aromatic carbocycles. The van der Waals surface area contributed by atoms with Crippen molar-refractivity contribution in [3.8, 4) is 28.0 Å². The van der Waals surface area contributed by atoms with Crippen molar-refractivity contribution >= 4 is 21.5 Å². The molecule has 0 N–H and O–H groups in total. The Bertz CT molecular complexity index is 1810. The second kappa shape index (κ2) is 9.14. The van der Waals surface area contributed by atoms with E-state index in [0.29, 0.717) is 19.2 Å². The minimum Gasteiger partial charge on any atom is -0.491 e. The topological polar surface area (TPSA) is 9.23 Å². The number of benzene rings is 5. The average Bonchev–Trinajstić information content (AvgIpc) is 2.92. The first-order chi connectivity index (χ1) is 18.4. The van der Waals surface area contributed by atoms with Gasteiger partial charge in [0.1, 0.15) is 0 Å². The van der Waals surface area contributed by atoms with Crippen molar-refractivity contribution in [1.29, 1.82) is 0 Å². The van der Waals surface area contributed by atoms with E-state index in [9.17, 15) is 30.7 Å². The Kier molecular flexibility index (Phi) is 6.15. The van der Waals surface area contributed by atoms with Gasteiger partial charge in [-0.2, -0.15) is 8.78 Å². The van der Waals surface area contributed by atoms with Gasteiger partial charge in [0.25, 0.3) is 0 Å². The van der Waals surface area contributed by atoms with E-state index in [2.05, 4.69) is 4.74 Å². The number of ether oxygens (including phenoxy) is 1. The zero-order valence-corrected chi connectivity index (χ0v) is 19.0. The normalized spacial score (nSPS) is 11.6. The Morgan fingerprint density at radius 3 is 1.36 bits per heavy atom. The molecular formula is C27H9F11O. The number of hydrogen-bond acceptors (Lipinski definition) is 1. The van der Waals surface area contributed by atoms with Crippen LogP contribution in [0.1, 0.15) is 0 Å². The minimum atomic E-state index is -2.46. The van der Waals surface area contributed by atoms with E-state index >= 15 is 17.6 Å². The van der Waals surface area contributed by atoms with Crippen molar-refractivity contribution in [2.24, 2.45) is 0 Å². The van der Waals surface area contributed by atoms with Gasteiger partial charge in [-0.3, -0.25) is 0 Å². The summed E-state index contributed by atoms with van der Waals surface area (Å²) in [7, 11) is 0.688. The molecule has 0 atom stereocenters. The predicted molar refractivity (Wildman–Crippen MR) is 118 cm³/mol. The molecular weight excluding hydrogens is 549 g/mol. The Morgan fingerprint density at radius 1 is 0.462 bits per heavy atom. The first-order valence-electron chi connectivity index (χ1n) is 10.7. The van der Waals surface area contributed by atoms with Gasteiger partial charge in [-0.05, 0) is 28.5 Å². The summed E-state index contributed by atoms with van der Waals surface area (Å²) < 4.78 is 166. The minimum absolute atomic E-state index is 0.339. The van der Waals surface area contributed by atoms with Crippen molar-refractivity contribution in [3.05, 3.63) is 100 Å². The number of halogens is 11. The molecule has 0 saturated carbocycles. The maximum atomic E-state index is 15.4. The van der Waals surface area contributed by atoms with Gasteiger partial charge < -0.3 is 4.74 Å². The summed E-state index contributed by atoms with van der Waals surface area (Å²) in [5.74, 6) is -24.8. The van der Waals surface area contributed by atoms with Gasteiger partial charge in [0, 0.05) is 21.9 Å². The molecule has 0 fully saturated rings. The number of hydrogen-bond donors (Lipinski definition) is 0. The third-order valence-electron chi connectivity index (χ3n) is 6.18. The molecule has 5 aromatic rings. The van der Waals surface area contributed by atoms with Gasteiger partial charge in [0.2, 0.25) is 11.6 Å². The van der Waals surface area contributed by atoms with Crippen molar-refractivity contribution in [2.75, 3.05) is 7.11 Å². The highest BCUT2D eigenvalue weighted by Gasteiger charge is 2.34. The van der Waals surface area contributed by atoms with E-state index in [0.717, 1.165) is 12.1 Å². The Balaban J connectivity index is 2.15. The van der Waals surface area contributed by atoms with Crippen LogP contribution in [0.15, 0.2) is 36.4 Å². The van der Waals surface area contributed by atoms with Crippen molar-refractivity contribution < 1.29 is 53.0 Å². The zero-order valence-electron chi connectivity index (χ0n) is 19.0. The number of fused-ring (bicyclic) bond motifs is 2. The molecule has 12 heteroatoms. The van der Waals surface area contributed by atoms with E-state index in [4.69, 9.17) is 0 Å². The van der Waals surface area contributed by atoms with Crippen LogP contribution in [0.2, 0.25) is 0 Å². The fourth-order valence-corrected chi connectivity index (χ4v) is 4.56. The average molecular weight is 558 g/mol. The second-order valence-corrected chi connectivity index (χ2v) is 8.22. The van der Waals surface area contributed by atoms with Gasteiger partial charge in [-0.1, -0.05) is 24.3 Å². The summed E-state index contributed by atoms with van der Waals surface area (Å²) in [5, 5.41) is -3.67. The smallest absolute Gasteiger partial charge is 0.204 e. The van der Waals surface area contributed by atoms with Gasteiger partial charge in [0.05, 0.1) is 12.7 Å². The fourth-order valence-electron chi connectivity index (χ4n) is 4.56. The monoisotopic (exact) mass is 558 g/mol. The Morgan fingerprint density at radius 2 is 0.897 bits per heavy atom. The lowest BCUT2D eigenvalue weighted by atomic mass is 9.84. The van der Waals surface area contributed by atoms with E-state index < -0.39 is 114 Å². The molecule has 0 aromatic heterocycles. The van der Waals surface area contributed by atoms with Crippen LogP contribution in [0.3, 0.4) is 0 Å². The zero-order chi connectivity index (χ0) is 28.5. The van der Waals surface area contributed by atoms with Crippen LogP contribution in [-0.4, -0.2) is 7.11 Å². The van der Waals surface area contributed by atoms with Gasteiger partial charge in [-0.25, -0.2) is 39.5 Å². The standard InChI is InChI=1S/C27H9F11O/c1-39-27-25(37)21(33)17(22(34)26(27)38)14-10-5-3-2-4-9(10)13(8-6-11(28)18(30)12(29)7-8)15-16(14)20(32)24(36)23(35)19(15)31/h2-7H,1H3. The third kappa shape index (κ3) is 3.61. The molecule has 0 saturated heterocycles. The highest BCUT2D eigenvalue weighted by molar-refractivity contribution is 6.21. The SMILES string of the molecule is COc1c(F)c(F)c(-c2c3ccccc3c(-c3cc(F)c(F)c(F)c3)c3c(F)c(F)c(F)c(F)c23)c(F)c1F. The van der Waals surface area contributed by atoms with Gasteiger partial charge in [-0.15, -0.1) is 0 Å². The molecule has 0 aliphatic heterocycles. The summed E-state index contributed by atoms with van der Waals surface area (Å²) in [6.07, 6.45) is 0. The van der Waals surface area contributed by atoms with Gasteiger partial charge >= 0.3 is 0 Å². The second-order valence-electron chi connectivity index (χ2n) is 8.22. The van der Waals surface area contributed by atoms with Crippen molar-refractivity contribution in [3.63, 3.8) is 0 Å². The lowest BCUT2D eigenvalue weighted by Gasteiger charge is -2.20. The van der Waals surface area contributed by atoms with Crippen LogP contribution in [0, 0.1) is 64.0 Å². The highest BCUT2D eigenvalue weighted by Crippen LogP contribution is 2.49. The molecule has 0 unspecified atom stereocenters. The molecule has 0 aliphatic rings. The molecule has 5 rings (SSSR count). The molecule has 0 aliphatic carbocycles. The summed E-state index contributed by atoms with van der Waals surface area (Å²) in [5.41, 5.74) is -4.25. The van der Waals surface area contributed by atoms with Crippen LogP contribution >= 0.6 is 0 Å². The van der Waals surface area contributed by atoms with E-state index in [1.807, 2.05) is 0 Å². The van der Waals surface area contributed by atoms with Crippen LogP contribution in [0.5, 0.6) is 5.75 Å².